The van der Waals surface area contributed by atoms with Gasteiger partial charge in [-0.05, 0) is 69.3 Å². The highest BCUT2D eigenvalue weighted by Crippen LogP contribution is 2.47. The van der Waals surface area contributed by atoms with Crippen LogP contribution in [0.5, 0.6) is 11.5 Å². The standard InChI is InChI=1S/C19H28N2O3/c1-21(2)12-16(11-20-22)14-6-7-17(23-3)19(10-14)24-18-9-13-4-5-15(18)8-13/h6-7,10,13,15-16,18H,4-5,8-9,11-12H2,1-3H3/t13-,15+,16?,18+/m1/s1. The SMILES string of the molecule is COc1ccc(C(CN=O)CN(C)C)cc1O[C@H]1C[C@@H]2CC[C@H]1C2. The molecule has 2 aliphatic rings. The molecule has 5 heteroatoms. The van der Waals surface area contributed by atoms with Gasteiger partial charge in [-0.1, -0.05) is 11.2 Å². The normalized spacial score (nSPS) is 26.6. The van der Waals surface area contributed by atoms with Crippen molar-refractivity contribution in [3.63, 3.8) is 0 Å². The first-order chi connectivity index (χ1) is 11.6. The number of methoxy groups -OCH3 is 1. The molecule has 4 atom stereocenters. The molecule has 5 nitrogen and oxygen atoms in total. The molecule has 0 aliphatic heterocycles. The van der Waals surface area contributed by atoms with Crippen molar-refractivity contribution in [1.82, 2.24) is 4.90 Å². The van der Waals surface area contributed by atoms with E-state index in [4.69, 9.17) is 9.47 Å². The van der Waals surface area contributed by atoms with E-state index in [9.17, 15) is 4.91 Å². The summed E-state index contributed by atoms with van der Waals surface area (Å²) in [7, 11) is 5.69. The summed E-state index contributed by atoms with van der Waals surface area (Å²) in [4.78, 5) is 12.9. The minimum absolute atomic E-state index is 0.0748. The Labute approximate surface area is 144 Å². The summed E-state index contributed by atoms with van der Waals surface area (Å²) < 4.78 is 11.8. The van der Waals surface area contributed by atoms with Crippen LogP contribution in [0.3, 0.4) is 0 Å². The van der Waals surface area contributed by atoms with Gasteiger partial charge in [-0.15, -0.1) is 0 Å². The zero-order valence-electron chi connectivity index (χ0n) is 14.9. The highest BCUT2D eigenvalue weighted by molar-refractivity contribution is 5.44. The fourth-order valence-electron chi connectivity index (χ4n) is 4.33. The molecule has 2 bridgehead atoms. The average molecular weight is 332 g/mol. The summed E-state index contributed by atoms with van der Waals surface area (Å²) in [5, 5.41) is 3.12. The zero-order chi connectivity index (χ0) is 17.1. The third-order valence-electron chi connectivity index (χ3n) is 5.49. The average Bonchev–Trinajstić information content (AvgIpc) is 3.17. The van der Waals surface area contributed by atoms with Crippen LogP contribution in [0.25, 0.3) is 0 Å². The van der Waals surface area contributed by atoms with E-state index in [2.05, 4.69) is 10.1 Å². The third kappa shape index (κ3) is 3.72. The van der Waals surface area contributed by atoms with Crippen LogP contribution in [0.4, 0.5) is 0 Å². The van der Waals surface area contributed by atoms with Crippen molar-refractivity contribution >= 4 is 0 Å². The lowest BCUT2D eigenvalue weighted by molar-refractivity contribution is 0.133. The molecule has 0 radical (unpaired) electrons. The summed E-state index contributed by atoms with van der Waals surface area (Å²) in [6.07, 6.45) is 5.43. The van der Waals surface area contributed by atoms with Crippen molar-refractivity contribution in [2.24, 2.45) is 17.0 Å². The number of benzene rings is 1. The van der Waals surface area contributed by atoms with Gasteiger partial charge in [0.25, 0.3) is 0 Å². The number of fused-ring (bicyclic) bond motifs is 2. The second kappa shape index (κ2) is 7.51. The molecular weight excluding hydrogens is 304 g/mol. The molecule has 0 N–H and O–H groups in total. The molecule has 24 heavy (non-hydrogen) atoms. The quantitative estimate of drug-likeness (QED) is 0.682. The summed E-state index contributed by atoms with van der Waals surface area (Å²) >= 11 is 0. The van der Waals surface area contributed by atoms with Crippen molar-refractivity contribution < 1.29 is 9.47 Å². The van der Waals surface area contributed by atoms with Crippen LogP contribution in [0.2, 0.25) is 0 Å². The van der Waals surface area contributed by atoms with E-state index in [0.29, 0.717) is 12.0 Å². The minimum Gasteiger partial charge on any atom is -0.493 e. The van der Waals surface area contributed by atoms with Crippen LogP contribution in [-0.2, 0) is 0 Å². The van der Waals surface area contributed by atoms with E-state index in [1.807, 2.05) is 32.3 Å². The molecule has 0 spiro atoms. The Hall–Kier alpha value is -1.62. The van der Waals surface area contributed by atoms with Crippen LogP contribution in [0, 0.1) is 16.7 Å². The van der Waals surface area contributed by atoms with E-state index < -0.39 is 0 Å². The van der Waals surface area contributed by atoms with E-state index in [1.165, 1.54) is 19.3 Å². The van der Waals surface area contributed by atoms with Gasteiger partial charge >= 0.3 is 0 Å². The van der Waals surface area contributed by atoms with Crippen molar-refractivity contribution in [3.05, 3.63) is 28.7 Å². The fraction of sp³-hybridized carbons (Fsp3) is 0.684. The second-order valence-electron chi connectivity index (χ2n) is 7.51. The lowest BCUT2D eigenvalue weighted by atomic mass is 9.96. The fourth-order valence-corrected chi connectivity index (χ4v) is 4.33. The molecule has 0 aromatic heterocycles. The summed E-state index contributed by atoms with van der Waals surface area (Å²) in [6.45, 7) is 1.06. The number of ether oxygens (including phenoxy) is 2. The Bertz CT molecular complexity index is 576. The highest BCUT2D eigenvalue weighted by atomic mass is 16.5. The number of rotatable bonds is 8. The monoisotopic (exact) mass is 332 g/mol. The Kier molecular flexibility index (Phi) is 5.39. The Morgan fingerprint density at radius 3 is 2.67 bits per heavy atom. The molecule has 2 aliphatic carbocycles. The van der Waals surface area contributed by atoms with E-state index in [0.717, 1.165) is 35.9 Å². The number of hydrogen-bond donors (Lipinski definition) is 0. The van der Waals surface area contributed by atoms with E-state index >= 15 is 0 Å². The summed E-state index contributed by atoms with van der Waals surface area (Å²) in [6, 6.07) is 6.02. The molecule has 1 unspecified atom stereocenters. The molecule has 3 rings (SSSR count). The first-order valence-corrected chi connectivity index (χ1v) is 8.89. The lowest BCUT2D eigenvalue weighted by Gasteiger charge is -2.25. The number of hydrogen-bond acceptors (Lipinski definition) is 5. The summed E-state index contributed by atoms with van der Waals surface area (Å²) in [5.74, 6) is 3.18. The van der Waals surface area contributed by atoms with Crippen molar-refractivity contribution in [2.75, 3.05) is 34.3 Å². The molecule has 2 fully saturated rings. The first-order valence-electron chi connectivity index (χ1n) is 8.89. The Morgan fingerprint density at radius 2 is 2.08 bits per heavy atom. The van der Waals surface area contributed by atoms with Crippen LogP contribution in [0.1, 0.15) is 37.2 Å². The third-order valence-corrected chi connectivity index (χ3v) is 5.49. The topological polar surface area (TPSA) is 51.1 Å². The molecule has 1 aromatic rings. The second-order valence-corrected chi connectivity index (χ2v) is 7.51. The highest BCUT2D eigenvalue weighted by Gasteiger charge is 2.41. The maximum absolute atomic E-state index is 10.8. The number of nitrogens with zero attached hydrogens (tertiary/aromatic N) is 2. The first kappa shape index (κ1) is 17.2. The Morgan fingerprint density at radius 1 is 1.25 bits per heavy atom. The Balaban J connectivity index is 1.80. The van der Waals surface area contributed by atoms with Gasteiger partial charge in [-0.2, -0.15) is 4.91 Å². The molecule has 132 valence electrons. The summed E-state index contributed by atoms with van der Waals surface area (Å²) in [5.41, 5.74) is 1.09. The molecule has 0 heterocycles. The van der Waals surface area contributed by atoms with Gasteiger partial charge in [0.05, 0.1) is 13.7 Å². The van der Waals surface area contributed by atoms with Crippen LogP contribution in [0.15, 0.2) is 23.4 Å². The van der Waals surface area contributed by atoms with E-state index in [-0.39, 0.29) is 12.5 Å². The maximum Gasteiger partial charge on any atom is 0.161 e. The van der Waals surface area contributed by atoms with Gasteiger partial charge in [-0.25, -0.2) is 0 Å². The maximum atomic E-state index is 10.8. The minimum atomic E-state index is 0.0748. The van der Waals surface area contributed by atoms with Crippen molar-refractivity contribution in [1.29, 1.82) is 0 Å². The molecular formula is C19H28N2O3. The van der Waals surface area contributed by atoms with Gasteiger partial charge in [0.1, 0.15) is 6.10 Å². The van der Waals surface area contributed by atoms with Crippen molar-refractivity contribution in [2.45, 2.75) is 37.7 Å². The van der Waals surface area contributed by atoms with Crippen LogP contribution < -0.4 is 9.47 Å². The van der Waals surface area contributed by atoms with E-state index in [1.54, 1.807) is 7.11 Å². The lowest BCUT2D eigenvalue weighted by Crippen LogP contribution is -2.24. The number of likely N-dealkylation sites (N-methyl/N-ethyl adjacent to an activating group) is 1. The molecule has 0 amide bonds. The zero-order valence-corrected chi connectivity index (χ0v) is 14.9. The van der Waals surface area contributed by atoms with Crippen LogP contribution in [-0.4, -0.2) is 45.3 Å². The van der Waals surface area contributed by atoms with Crippen molar-refractivity contribution in [3.8, 4) is 11.5 Å². The predicted molar refractivity (Wildman–Crippen MR) is 94.8 cm³/mol. The smallest absolute Gasteiger partial charge is 0.161 e. The largest absolute Gasteiger partial charge is 0.493 e. The van der Waals surface area contributed by atoms with Gasteiger partial charge in [0.15, 0.2) is 11.5 Å². The number of nitroso groups, excluding NO2 is 1. The van der Waals surface area contributed by atoms with Gasteiger partial charge in [-0.3, -0.25) is 0 Å². The van der Waals surface area contributed by atoms with Crippen LogP contribution >= 0.6 is 0 Å². The van der Waals surface area contributed by atoms with Gasteiger partial charge < -0.3 is 14.4 Å². The molecule has 1 aromatic carbocycles. The molecule has 2 saturated carbocycles. The predicted octanol–water partition coefficient (Wildman–Crippen LogP) is 3.67. The molecule has 0 saturated heterocycles. The van der Waals surface area contributed by atoms with Gasteiger partial charge in [0, 0.05) is 12.5 Å². The van der Waals surface area contributed by atoms with Gasteiger partial charge in [0.2, 0.25) is 0 Å².